The largest absolute Gasteiger partial charge is 0.494 e. The van der Waals surface area contributed by atoms with Crippen LogP contribution in [0, 0.1) is 0 Å². The number of benzene rings is 2. The molecule has 1 heterocycles. The van der Waals surface area contributed by atoms with Crippen LogP contribution in [0.3, 0.4) is 0 Å². The average molecular weight is 483 g/mol. The third-order valence-corrected chi connectivity index (χ3v) is 5.17. The van der Waals surface area contributed by atoms with Crippen LogP contribution in [0.2, 0.25) is 10.0 Å². The van der Waals surface area contributed by atoms with Crippen molar-refractivity contribution >= 4 is 40.8 Å². The van der Waals surface area contributed by atoms with Crippen LogP contribution in [0.5, 0.6) is 5.75 Å². The maximum absolute atomic E-state index is 13.2. The van der Waals surface area contributed by atoms with Crippen LogP contribution in [0.4, 0.5) is 14.6 Å². The smallest absolute Gasteiger partial charge is 0.264 e. The van der Waals surface area contributed by atoms with E-state index in [0.29, 0.717) is 0 Å². The fourth-order valence-corrected chi connectivity index (χ4v) is 3.64. The lowest BCUT2D eigenvalue weighted by Crippen LogP contribution is -2.25. The molecule has 0 saturated carbocycles. The Kier molecular flexibility index (Phi) is 7.32. The zero-order valence-electron chi connectivity index (χ0n) is 17.0. The molecule has 0 atom stereocenters. The van der Waals surface area contributed by atoms with Gasteiger partial charge in [0.2, 0.25) is 0 Å². The van der Waals surface area contributed by atoms with Crippen molar-refractivity contribution in [2.45, 2.75) is 13.0 Å². The van der Waals surface area contributed by atoms with Crippen LogP contribution in [0.1, 0.15) is 38.3 Å². The molecule has 11 heteroatoms. The van der Waals surface area contributed by atoms with Crippen molar-refractivity contribution < 1.29 is 23.1 Å². The summed E-state index contributed by atoms with van der Waals surface area (Å²) >= 11 is 12.2. The van der Waals surface area contributed by atoms with Crippen molar-refractivity contribution in [1.29, 1.82) is 0 Å². The van der Waals surface area contributed by atoms with E-state index in [1.807, 2.05) is 0 Å². The molecular formula is C21H18Cl2F2N4O3. The van der Waals surface area contributed by atoms with Gasteiger partial charge < -0.3 is 15.4 Å². The van der Waals surface area contributed by atoms with Gasteiger partial charge in [-0.1, -0.05) is 47.5 Å². The molecule has 3 aromatic rings. The highest BCUT2D eigenvalue weighted by Gasteiger charge is 2.21. The van der Waals surface area contributed by atoms with Gasteiger partial charge in [-0.15, -0.1) is 0 Å². The molecule has 0 aliphatic rings. The van der Waals surface area contributed by atoms with Gasteiger partial charge in [-0.2, -0.15) is 5.10 Å². The summed E-state index contributed by atoms with van der Waals surface area (Å²) in [5.41, 5.74) is 0.314. The Morgan fingerprint density at radius 2 is 1.81 bits per heavy atom. The fraction of sp³-hybridized carbons (Fsp3) is 0.190. The minimum Gasteiger partial charge on any atom is -0.494 e. The number of aromatic nitrogens is 2. The third kappa shape index (κ3) is 5.00. The number of alkyl halides is 2. The van der Waals surface area contributed by atoms with E-state index in [-0.39, 0.29) is 50.4 Å². The van der Waals surface area contributed by atoms with E-state index < -0.39 is 18.2 Å². The second kappa shape index (κ2) is 9.97. The standard InChI is InChI=1S/C21H18Cl2F2N4O3/c1-29-19(28-20(30)12-7-15(22)17(32-2)16(23)8-12)14(10-27-29)21(31)26-9-11-5-3-4-6-13(11)18(24)25/h3-8,10,18H,9H2,1-2H3,(H,26,31)(H,28,30). The second-order valence-corrected chi connectivity index (χ2v) is 7.45. The van der Waals surface area contributed by atoms with Crippen molar-refractivity contribution in [3.05, 3.63) is 74.9 Å². The quantitative estimate of drug-likeness (QED) is 0.503. The Morgan fingerprint density at radius 1 is 1.16 bits per heavy atom. The Labute approximate surface area is 192 Å². The zero-order chi connectivity index (χ0) is 23.4. The molecule has 3 rings (SSSR count). The van der Waals surface area contributed by atoms with Crippen molar-refractivity contribution in [3.8, 4) is 5.75 Å². The summed E-state index contributed by atoms with van der Waals surface area (Å²) in [4.78, 5) is 25.4. The maximum atomic E-state index is 13.2. The van der Waals surface area contributed by atoms with Gasteiger partial charge >= 0.3 is 0 Å². The molecule has 0 radical (unpaired) electrons. The summed E-state index contributed by atoms with van der Waals surface area (Å²) in [7, 11) is 2.93. The molecule has 32 heavy (non-hydrogen) atoms. The maximum Gasteiger partial charge on any atom is 0.264 e. The molecular weight excluding hydrogens is 465 g/mol. The summed E-state index contributed by atoms with van der Waals surface area (Å²) in [6.07, 6.45) is -1.41. The summed E-state index contributed by atoms with van der Waals surface area (Å²) in [6, 6.07) is 8.66. The van der Waals surface area contributed by atoms with E-state index in [2.05, 4.69) is 15.7 Å². The Bertz CT molecular complexity index is 1140. The lowest BCUT2D eigenvalue weighted by atomic mass is 10.1. The Balaban J connectivity index is 1.78. The van der Waals surface area contributed by atoms with Gasteiger partial charge in [-0.25, -0.2) is 8.78 Å². The number of ether oxygens (including phenoxy) is 1. The van der Waals surface area contributed by atoms with E-state index >= 15 is 0 Å². The van der Waals surface area contributed by atoms with Gasteiger partial charge in [0.25, 0.3) is 18.2 Å². The molecule has 0 aliphatic carbocycles. The van der Waals surface area contributed by atoms with Gasteiger partial charge in [-0.3, -0.25) is 14.3 Å². The Morgan fingerprint density at radius 3 is 2.44 bits per heavy atom. The van der Waals surface area contributed by atoms with Gasteiger partial charge in [-0.05, 0) is 17.7 Å². The van der Waals surface area contributed by atoms with Crippen molar-refractivity contribution in [2.75, 3.05) is 12.4 Å². The fourth-order valence-electron chi connectivity index (χ4n) is 3.00. The summed E-state index contributed by atoms with van der Waals surface area (Å²) in [5.74, 6) is -0.840. The highest BCUT2D eigenvalue weighted by Crippen LogP contribution is 2.34. The molecule has 0 fully saturated rings. The second-order valence-electron chi connectivity index (χ2n) is 6.64. The molecule has 0 saturated heterocycles. The number of halogens is 4. The van der Waals surface area contributed by atoms with E-state index in [1.54, 1.807) is 6.07 Å². The topological polar surface area (TPSA) is 85.2 Å². The SMILES string of the molecule is COc1c(Cl)cc(C(=O)Nc2c(C(=O)NCc3ccccc3C(F)F)cnn2C)cc1Cl. The van der Waals surface area contributed by atoms with Crippen LogP contribution in [0.15, 0.2) is 42.6 Å². The zero-order valence-corrected chi connectivity index (χ0v) is 18.5. The summed E-state index contributed by atoms with van der Waals surface area (Å²) < 4.78 is 32.7. The summed E-state index contributed by atoms with van der Waals surface area (Å²) in [5, 5.41) is 9.46. The number of nitrogens with zero attached hydrogens (tertiary/aromatic N) is 2. The van der Waals surface area contributed by atoms with Gasteiger partial charge in [0.15, 0.2) is 5.75 Å². The highest BCUT2D eigenvalue weighted by atomic mass is 35.5. The van der Waals surface area contributed by atoms with E-state index in [1.165, 1.54) is 55.4 Å². The number of hydrogen-bond donors (Lipinski definition) is 2. The van der Waals surface area contributed by atoms with Crippen molar-refractivity contribution in [2.24, 2.45) is 7.05 Å². The first-order chi connectivity index (χ1) is 15.2. The molecule has 7 nitrogen and oxygen atoms in total. The third-order valence-electron chi connectivity index (χ3n) is 4.61. The Hall–Kier alpha value is -3.17. The number of anilines is 1. The average Bonchev–Trinajstić information content (AvgIpc) is 3.12. The molecule has 1 aromatic heterocycles. The van der Waals surface area contributed by atoms with Crippen LogP contribution < -0.4 is 15.4 Å². The molecule has 0 aliphatic heterocycles. The molecule has 0 unspecified atom stereocenters. The molecule has 2 aromatic carbocycles. The first-order valence-electron chi connectivity index (χ1n) is 9.23. The van der Waals surface area contributed by atoms with Gasteiger partial charge in [0.05, 0.1) is 23.4 Å². The van der Waals surface area contributed by atoms with E-state index in [4.69, 9.17) is 27.9 Å². The number of amides is 2. The molecule has 0 bridgehead atoms. The normalized spacial score (nSPS) is 10.8. The number of aryl methyl sites for hydroxylation is 1. The number of hydrogen-bond acceptors (Lipinski definition) is 4. The number of methoxy groups -OCH3 is 1. The predicted molar refractivity (Wildman–Crippen MR) is 117 cm³/mol. The molecule has 0 spiro atoms. The predicted octanol–water partition coefficient (Wildman–Crippen LogP) is 4.86. The minimum absolute atomic E-state index is 0.0566. The van der Waals surface area contributed by atoms with E-state index in [9.17, 15) is 18.4 Å². The van der Waals surface area contributed by atoms with E-state index in [0.717, 1.165) is 0 Å². The highest BCUT2D eigenvalue weighted by molar-refractivity contribution is 6.37. The first kappa shape index (κ1) is 23.5. The number of carbonyl (C=O) groups is 2. The molecule has 2 amide bonds. The summed E-state index contributed by atoms with van der Waals surface area (Å²) in [6.45, 7) is -0.120. The van der Waals surface area contributed by atoms with Gasteiger partial charge in [0, 0.05) is 24.7 Å². The van der Waals surface area contributed by atoms with Crippen LogP contribution in [-0.2, 0) is 13.6 Å². The van der Waals surface area contributed by atoms with Crippen LogP contribution >= 0.6 is 23.2 Å². The number of carbonyl (C=O) groups excluding carboxylic acids is 2. The lowest BCUT2D eigenvalue weighted by molar-refractivity contribution is 0.0950. The monoisotopic (exact) mass is 482 g/mol. The lowest BCUT2D eigenvalue weighted by Gasteiger charge is -2.12. The molecule has 2 N–H and O–H groups in total. The van der Waals surface area contributed by atoms with Crippen molar-refractivity contribution in [3.63, 3.8) is 0 Å². The first-order valence-corrected chi connectivity index (χ1v) is 9.99. The number of nitrogens with one attached hydrogen (secondary N) is 2. The van der Waals surface area contributed by atoms with Crippen LogP contribution in [-0.4, -0.2) is 28.7 Å². The minimum atomic E-state index is -2.67. The van der Waals surface area contributed by atoms with Crippen molar-refractivity contribution in [1.82, 2.24) is 15.1 Å². The van der Waals surface area contributed by atoms with Gasteiger partial charge in [0.1, 0.15) is 11.4 Å². The van der Waals surface area contributed by atoms with Crippen LogP contribution in [0.25, 0.3) is 0 Å². The molecule has 168 valence electrons. The number of rotatable bonds is 7.